The van der Waals surface area contributed by atoms with Gasteiger partial charge in [-0.2, -0.15) is 0 Å². The highest BCUT2D eigenvalue weighted by molar-refractivity contribution is 5.74. The van der Waals surface area contributed by atoms with Gasteiger partial charge in [0.1, 0.15) is 37.5 Å². The molecule has 0 radical (unpaired) electrons. The summed E-state index contributed by atoms with van der Waals surface area (Å²) in [5.74, 6) is -5.40. The Morgan fingerprint density at radius 3 is 1.04 bits per heavy atom. The first-order chi connectivity index (χ1) is 24.4. The summed E-state index contributed by atoms with van der Waals surface area (Å²) < 4.78 is 55.6. The summed E-state index contributed by atoms with van der Waals surface area (Å²) in [6.45, 7) is 8.41. The van der Waals surface area contributed by atoms with Crippen molar-refractivity contribution in [1.82, 2.24) is 10.6 Å². The molecule has 2 unspecified atom stereocenters. The second-order valence-electron chi connectivity index (χ2n) is 11.9. The lowest BCUT2D eigenvalue weighted by atomic mass is 9.96. The van der Waals surface area contributed by atoms with Crippen LogP contribution >= 0.6 is 0 Å². The molecule has 0 aliphatic carbocycles. The molecular formula is C32H48N2O18. The van der Waals surface area contributed by atoms with Gasteiger partial charge >= 0.3 is 35.8 Å². The van der Waals surface area contributed by atoms with Crippen LogP contribution in [0.15, 0.2) is 0 Å². The summed E-state index contributed by atoms with van der Waals surface area (Å²) in [5, 5.41) is 5.21. The van der Waals surface area contributed by atoms with Gasteiger partial charge in [-0.1, -0.05) is 0 Å². The maximum Gasteiger partial charge on any atom is 0.303 e. The van der Waals surface area contributed by atoms with Crippen LogP contribution in [0.4, 0.5) is 0 Å². The van der Waals surface area contributed by atoms with Crippen LogP contribution in [0.1, 0.15) is 68.2 Å². The number of unbranched alkanes of at least 4 members (excludes halogenated alkanes) is 1. The molecule has 0 aromatic carbocycles. The molecule has 294 valence electrons. The Kier molecular flexibility index (Phi) is 17.8. The van der Waals surface area contributed by atoms with Crippen molar-refractivity contribution >= 4 is 47.6 Å². The topological polar surface area (TPSA) is 253 Å². The second kappa shape index (κ2) is 21.2. The fraction of sp³-hybridized carbons (Fsp3) is 0.750. The van der Waals surface area contributed by atoms with Gasteiger partial charge in [-0.25, -0.2) is 0 Å². The van der Waals surface area contributed by atoms with Crippen molar-refractivity contribution in [3.05, 3.63) is 0 Å². The van der Waals surface area contributed by atoms with Gasteiger partial charge in [0.05, 0.1) is 0 Å². The van der Waals surface area contributed by atoms with Crippen molar-refractivity contribution in [2.24, 2.45) is 0 Å². The first-order valence-corrected chi connectivity index (χ1v) is 16.4. The zero-order valence-electron chi connectivity index (χ0n) is 30.4. The molecule has 2 rings (SSSR count). The summed E-state index contributed by atoms with van der Waals surface area (Å²) in [6.07, 6.45) is -9.37. The summed E-state index contributed by atoms with van der Waals surface area (Å²) in [4.78, 5) is 95.5. The number of amides is 2. The van der Waals surface area contributed by atoms with Crippen LogP contribution in [0.3, 0.4) is 0 Å². The Balaban J connectivity index is 2.20. The van der Waals surface area contributed by atoms with Gasteiger partial charge in [-0.3, -0.25) is 38.4 Å². The highest BCUT2D eigenvalue weighted by Gasteiger charge is 2.52. The number of carbonyl (C=O) groups is 8. The maximum atomic E-state index is 12.2. The minimum absolute atomic E-state index is 0.0181. The molecule has 2 heterocycles. The van der Waals surface area contributed by atoms with Crippen molar-refractivity contribution in [2.45, 2.75) is 130 Å². The van der Waals surface area contributed by atoms with Crippen LogP contribution in [0.2, 0.25) is 0 Å². The molecule has 0 aromatic rings. The fourth-order valence-electron chi connectivity index (χ4n) is 5.47. The average molecular weight is 749 g/mol. The quantitative estimate of drug-likeness (QED) is 0.104. The summed E-state index contributed by atoms with van der Waals surface area (Å²) >= 11 is 0. The molecule has 2 amide bonds. The van der Waals surface area contributed by atoms with Crippen molar-refractivity contribution in [3.63, 3.8) is 0 Å². The fourth-order valence-corrected chi connectivity index (χ4v) is 5.47. The number of hydrogen-bond donors (Lipinski definition) is 2. The van der Waals surface area contributed by atoms with Gasteiger partial charge in [0, 0.05) is 68.6 Å². The lowest BCUT2D eigenvalue weighted by Crippen LogP contribution is -2.66. The SMILES string of the molecule is CC(=O)N[C@H]1C(OCCCCOC2O[C@H](COC(C)=O)[C@@H](OC(C)=O)[C@H](OC(C)=O)[C@H]2NC(C)=O)O[C@H](COC(C)=O)[C@@H](OC(C)=O)[C@@H]1OC(C)=O. The molecule has 52 heavy (non-hydrogen) atoms. The third kappa shape index (κ3) is 14.7. The molecule has 0 spiro atoms. The number of hydrogen-bond acceptors (Lipinski definition) is 18. The number of rotatable bonds is 17. The van der Waals surface area contributed by atoms with Crippen LogP contribution in [0.25, 0.3) is 0 Å². The lowest BCUT2D eigenvalue weighted by molar-refractivity contribution is -0.280. The number of esters is 6. The Hall–Kier alpha value is -4.40. The van der Waals surface area contributed by atoms with Gasteiger partial charge < -0.3 is 58.0 Å². The third-order valence-electron chi connectivity index (χ3n) is 7.25. The molecule has 2 N–H and O–H groups in total. The zero-order chi connectivity index (χ0) is 39.1. The molecule has 0 bridgehead atoms. The lowest BCUT2D eigenvalue weighted by Gasteiger charge is -2.45. The standard InChI is InChI=1S/C32H48N2O18/c1-15(35)33-25-29(49-21(7)41)27(47-19(5)39)23(13-45-17(3)37)51-31(25)43-11-9-10-12-44-32-26(34-16(2)36)30(50-22(8)42)28(48-20(6)40)24(52-32)14-46-18(4)38/h23-32H,9-14H2,1-8H3,(H,33,35)(H,34,36)/t23-,24-,25-,26-,27-,28-,29-,30-,31?,32?/m1/s1. The molecule has 10 atom stereocenters. The number of nitrogens with one attached hydrogen (secondary N) is 2. The monoisotopic (exact) mass is 748 g/mol. The molecule has 0 saturated carbocycles. The first-order valence-electron chi connectivity index (χ1n) is 16.4. The van der Waals surface area contributed by atoms with Crippen LogP contribution in [-0.2, 0) is 85.7 Å². The molecule has 0 aromatic heterocycles. The predicted octanol–water partition coefficient (Wildman–Crippen LogP) is -0.888. The minimum Gasteiger partial charge on any atom is -0.463 e. The van der Waals surface area contributed by atoms with Crippen molar-refractivity contribution in [1.29, 1.82) is 0 Å². The molecule has 2 fully saturated rings. The molecule has 2 aliphatic heterocycles. The normalized spacial score (nSPS) is 28.3. The Bertz CT molecular complexity index is 1200. The van der Waals surface area contributed by atoms with E-state index in [0.717, 1.165) is 41.5 Å². The predicted molar refractivity (Wildman–Crippen MR) is 169 cm³/mol. The summed E-state index contributed by atoms with van der Waals surface area (Å²) in [5.41, 5.74) is 0. The smallest absolute Gasteiger partial charge is 0.303 e. The van der Waals surface area contributed by atoms with E-state index in [4.69, 9.17) is 47.4 Å². The highest BCUT2D eigenvalue weighted by Crippen LogP contribution is 2.30. The molecule has 20 nitrogen and oxygen atoms in total. The Morgan fingerprint density at radius 1 is 0.462 bits per heavy atom. The van der Waals surface area contributed by atoms with E-state index < -0.39 is 122 Å². The Morgan fingerprint density at radius 2 is 0.769 bits per heavy atom. The number of ether oxygens (including phenoxy) is 10. The van der Waals surface area contributed by atoms with Gasteiger partial charge in [-0.05, 0) is 12.8 Å². The molecular weight excluding hydrogens is 700 g/mol. The molecule has 20 heteroatoms. The number of carbonyl (C=O) groups excluding carboxylic acids is 8. The van der Waals surface area contributed by atoms with Gasteiger partial charge in [0.25, 0.3) is 0 Å². The summed E-state index contributed by atoms with van der Waals surface area (Å²) in [6, 6.07) is -2.30. The van der Waals surface area contributed by atoms with E-state index in [0.29, 0.717) is 12.8 Å². The molecule has 2 aliphatic rings. The minimum atomic E-state index is -1.29. The van der Waals surface area contributed by atoms with Crippen LogP contribution < -0.4 is 10.6 Å². The summed E-state index contributed by atoms with van der Waals surface area (Å²) in [7, 11) is 0. The van der Waals surface area contributed by atoms with E-state index in [9.17, 15) is 38.4 Å². The third-order valence-corrected chi connectivity index (χ3v) is 7.25. The second-order valence-corrected chi connectivity index (χ2v) is 11.9. The van der Waals surface area contributed by atoms with E-state index in [1.54, 1.807) is 0 Å². The largest absolute Gasteiger partial charge is 0.463 e. The van der Waals surface area contributed by atoms with Crippen molar-refractivity contribution in [2.75, 3.05) is 26.4 Å². The molecule has 2 saturated heterocycles. The van der Waals surface area contributed by atoms with Crippen molar-refractivity contribution < 1.29 is 85.7 Å². The van der Waals surface area contributed by atoms with Crippen LogP contribution in [0.5, 0.6) is 0 Å². The van der Waals surface area contributed by atoms with Gasteiger partial charge in [-0.15, -0.1) is 0 Å². The van der Waals surface area contributed by atoms with Gasteiger partial charge in [0.2, 0.25) is 11.8 Å². The zero-order valence-corrected chi connectivity index (χ0v) is 30.4. The van der Waals surface area contributed by atoms with Crippen LogP contribution in [0, 0.1) is 0 Å². The average Bonchev–Trinajstić information content (AvgIpc) is 3.00. The van der Waals surface area contributed by atoms with E-state index in [-0.39, 0.29) is 13.2 Å². The van der Waals surface area contributed by atoms with E-state index in [2.05, 4.69) is 10.6 Å². The van der Waals surface area contributed by atoms with E-state index in [1.807, 2.05) is 0 Å². The van der Waals surface area contributed by atoms with Gasteiger partial charge in [0.15, 0.2) is 37.0 Å². The maximum absolute atomic E-state index is 12.2. The first kappa shape index (κ1) is 43.8. The highest BCUT2D eigenvalue weighted by atomic mass is 16.7. The van der Waals surface area contributed by atoms with E-state index in [1.165, 1.54) is 13.8 Å². The van der Waals surface area contributed by atoms with Crippen LogP contribution in [-0.4, -0.2) is 135 Å². The Labute approximate surface area is 300 Å². The van der Waals surface area contributed by atoms with E-state index >= 15 is 0 Å². The van der Waals surface area contributed by atoms with Crippen molar-refractivity contribution in [3.8, 4) is 0 Å².